The van der Waals surface area contributed by atoms with Crippen molar-refractivity contribution in [2.75, 3.05) is 20.2 Å². The van der Waals surface area contributed by atoms with Crippen molar-refractivity contribution in [1.29, 1.82) is 0 Å². The number of amides is 1. The Bertz CT molecular complexity index is 272. The van der Waals surface area contributed by atoms with Crippen LogP contribution in [-0.2, 0) is 14.3 Å². The first kappa shape index (κ1) is 15.7. The molecule has 0 aromatic heterocycles. The van der Waals surface area contributed by atoms with E-state index in [1.807, 2.05) is 0 Å². The van der Waals surface area contributed by atoms with E-state index in [9.17, 15) is 14.7 Å². The molecule has 0 saturated heterocycles. The molecule has 0 saturated carbocycles. The van der Waals surface area contributed by atoms with E-state index in [2.05, 4.69) is 4.74 Å². The Labute approximate surface area is 101 Å². The molecule has 0 aliphatic carbocycles. The van der Waals surface area contributed by atoms with Crippen molar-refractivity contribution in [2.45, 2.75) is 39.4 Å². The van der Waals surface area contributed by atoms with Crippen LogP contribution in [0, 0.1) is 0 Å². The third-order valence-corrected chi connectivity index (χ3v) is 1.67. The summed E-state index contributed by atoms with van der Waals surface area (Å²) >= 11 is 0. The lowest BCUT2D eigenvalue weighted by atomic mass is 10.2. The molecular formula is C11H21NO5. The van der Waals surface area contributed by atoms with Crippen LogP contribution in [0.1, 0.15) is 27.7 Å². The molecule has 0 fully saturated rings. The first-order chi connectivity index (χ1) is 7.61. The second kappa shape index (κ2) is 6.44. The van der Waals surface area contributed by atoms with Gasteiger partial charge in [-0.05, 0) is 20.8 Å². The molecule has 1 atom stereocenters. The average Bonchev–Trinajstić information content (AvgIpc) is 2.11. The molecule has 0 aliphatic rings. The molecule has 100 valence electrons. The van der Waals surface area contributed by atoms with Crippen molar-refractivity contribution < 1.29 is 24.2 Å². The van der Waals surface area contributed by atoms with Crippen molar-refractivity contribution in [3.63, 3.8) is 0 Å². The van der Waals surface area contributed by atoms with Crippen LogP contribution >= 0.6 is 0 Å². The maximum absolute atomic E-state index is 11.5. The molecule has 6 heteroatoms. The standard InChI is InChI=1S/C11H21NO5/c1-8(13)16-7-9(14)6-12(5)10(15)17-11(2,3)4/h9,14H,6-7H2,1-5H3. The van der Waals surface area contributed by atoms with Gasteiger partial charge in [-0.1, -0.05) is 0 Å². The van der Waals surface area contributed by atoms with Crippen molar-refractivity contribution >= 4 is 12.1 Å². The zero-order valence-electron chi connectivity index (χ0n) is 11.0. The largest absolute Gasteiger partial charge is 0.463 e. The number of carbonyl (C=O) groups excluding carboxylic acids is 2. The molecule has 6 nitrogen and oxygen atoms in total. The van der Waals surface area contributed by atoms with Crippen LogP contribution in [0.15, 0.2) is 0 Å². The molecular weight excluding hydrogens is 226 g/mol. The van der Waals surface area contributed by atoms with Gasteiger partial charge >= 0.3 is 12.1 Å². The van der Waals surface area contributed by atoms with Crippen molar-refractivity contribution in [2.24, 2.45) is 0 Å². The van der Waals surface area contributed by atoms with E-state index < -0.39 is 23.8 Å². The lowest BCUT2D eigenvalue weighted by Gasteiger charge is -2.25. The number of aliphatic hydroxyl groups is 1. The average molecular weight is 247 g/mol. The maximum Gasteiger partial charge on any atom is 0.410 e. The Hall–Kier alpha value is -1.30. The molecule has 0 aromatic carbocycles. The van der Waals surface area contributed by atoms with Crippen molar-refractivity contribution in [1.82, 2.24) is 4.90 Å². The Morgan fingerprint density at radius 3 is 2.29 bits per heavy atom. The normalized spacial score (nSPS) is 12.8. The lowest BCUT2D eigenvalue weighted by Crippen LogP contribution is -2.39. The fourth-order valence-electron chi connectivity index (χ4n) is 0.997. The smallest absolute Gasteiger partial charge is 0.410 e. The molecule has 1 N–H and O–H groups in total. The van der Waals surface area contributed by atoms with Crippen LogP contribution in [0.25, 0.3) is 0 Å². The second-order valence-electron chi connectivity index (χ2n) is 4.82. The number of rotatable bonds is 4. The number of ether oxygens (including phenoxy) is 2. The highest BCUT2D eigenvalue weighted by molar-refractivity contribution is 5.67. The van der Waals surface area contributed by atoms with E-state index in [4.69, 9.17) is 4.74 Å². The third-order valence-electron chi connectivity index (χ3n) is 1.67. The van der Waals surface area contributed by atoms with Crippen LogP contribution in [0.3, 0.4) is 0 Å². The monoisotopic (exact) mass is 247 g/mol. The summed E-state index contributed by atoms with van der Waals surface area (Å²) in [7, 11) is 1.51. The number of nitrogens with zero attached hydrogens (tertiary/aromatic N) is 1. The van der Waals surface area contributed by atoms with E-state index in [0.29, 0.717) is 0 Å². The number of likely N-dealkylation sites (N-methyl/N-ethyl adjacent to an activating group) is 1. The van der Waals surface area contributed by atoms with Gasteiger partial charge in [0.25, 0.3) is 0 Å². The minimum atomic E-state index is -0.920. The van der Waals surface area contributed by atoms with Crippen molar-refractivity contribution in [3.05, 3.63) is 0 Å². The van der Waals surface area contributed by atoms with Crippen LogP contribution in [-0.4, -0.2) is 54.0 Å². The molecule has 0 aliphatic heterocycles. The first-order valence-electron chi connectivity index (χ1n) is 5.37. The van der Waals surface area contributed by atoms with E-state index in [1.165, 1.54) is 18.9 Å². The summed E-state index contributed by atoms with van der Waals surface area (Å²) in [5.74, 6) is -0.469. The van der Waals surface area contributed by atoms with Gasteiger partial charge in [0.15, 0.2) is 0 Å². The molecule has 0 aromatic rings. The Balaban J connectivity index is 4.03. The van der Waals surface area contributed by atoms with Gasteiger partial charge < -0.3 is 19.5 Å². The molecule has 1 unspecified atom stereocenters. The minimum Gasteiger partial charge on any atom is -0.463 e. The van der Waals surface area contributed by atoms with E-state index in [1.54, 1.807) is 20.8 Å². The second-order valence-corrected chi connectivity index (χ2v) is 4.82. The van der Waals surface area contributed by atoms with Gasteiger partial charge in [-0.15, -0.1) is 0 Å². The first-order valence-corrected chi connectivity index (χ1v) is 5.37. The van der Waals surface area contributed by atoms with Crippen LogP contribution in [0.2, 0.25) is 0 Å². The highest BCUT2D eigenvalue weighted by atomic mass is 16.6. The Morgan fingerprint density at radius 1 is 1.35 bits per heavy atom. The topological polar surface area (TPSA) is 76.1 Å². The van der Waals surface area contributed by atoms with E-state index in [-0.39, 0.29) is 13.2 Å². The summed E-state index contributed by atoms with van der Waals surface area (Å²) < 4.78 is 9.71. The number of hydrogen-bond donors (Lipinski definition) is 1. The van der Waals surface area contributed by atoms with E-state index in [0.717, 1.165) is 0 Å². The Kier molecular flexibility index (Phi) is 5.95. The number of esters is 1. The van der Waals surface area contributed by atoms with E-state index >= 15 is 0 Å². The van der Waals surface area contributed by atoms with Gasteiger partial charge in [-0.25, -0.2) is 4.79 Å². The summed E-state index contributed by atoms with van der Waals surface area (Å²) in [6.07, 6.45) is -1.45. The predicted octanol–water partition coefficient (Wildman–Crippen LogP) is 0.777. The predicted molar refractivity (Wildman–Crippen MR) is 61.5 cm³/mol. The highest BCUT2D eigenvalue weighted by Gasteiger charge is 2.21. The van der Waals surface area contributed by atoms with Gasteiger partial charge in [0.05, 0.1) is 6.54 Å². The van der Waals surface area contributed by atoms with Gasteiger partial charge in [0.1, 0.15) is 18.3 Å². The molecule has 0 bridgehead atoms. The fourth-order valence-corrected chi connectivity index (χ4v) is 0.997. The van der Waals surface area contributed by atoms with Crippen LogP contribution < -0.4 is 0 Å². The Morgan fingerprint density at radius 2 is 1.88 bits per heavy atom. The van der Waals surface area contributed by atoms with Crippen LogP contribution in [0.5, 0.6) is 0 Å². The molecule has 17 heavy (non-hydrogen) atoms. The molecule has 0 rings (SSSR count). The summed E-state index contributed by atoms with van der Waals surface area (Å²) in [5.41, 5.74) is -0.577. The fraction of sp³-hybridized carbons (Fsp3) is 0.818. The van der Waals surface area contributed by atoms with Crippen molar-refractivity contribution in [3.8, 4) is 0 Å². The summed E-state index contributed by atoms with van der Waals surface area (Å²) in [6, 6.07) is 0. The summed E-state index contributed by atoms with van der Waals surface area (Å²) in [5, 5.41) is 9.49. The number of carbonyl (C=O) groups is 2. The summed E-state index contributed by atoms with van der Waals surface area (Å²) in [4.78, 5) is 23.3. The molecule has 0 spiro atoms. The SMILES string of the molecule is CC(=O)OCC(O)CN(C)C(=O)OC(C)(C)C. The van der Waals surface area contributed by atoms with Crippen LogP contribution in [0.4, 0.5) is 4.79 Å². The van der Waals surface area contributed by atoms with Gasteiger partial charge in [-0.2, -0.15) is 0 Å². The van der Waals surface area contributed by atoms with Gasteiger partial charge in [-0.3, -0.25) is 4.79 Å². The minimum absolute atomic E-state index is 0.0438. The van der Waals surface area contributed by atoms with Gasteiger partial charge in [0, 0.05) is 14.0 Å². The molecule has 0 heterocycles. The zero-order valence-corrected chi connectivity index (χ0v) is 11.0. The molecule has 0 radical (unpaired) electrons. The van der Waals surface area contributed by atoms with Gasteiger partial charge in [0.2, 0.25) is 0 Å². The number of hydrogen-bond acceptors (Lipinski definition) is 5. The third kappa shape index (κ3) is 8.50. The quantitative estimate of drug-likeness (QED) is 0.743. The maximum atomic E-state index is 11.5. The molecule has 1 amide bonds. The zero-order chi connectivity index (χ0) is 13.6. The lowest BCUT2D eigenvalue weighted by molar-refractivity contribution is -0.144. The summed E-state index contributed by atoms with van der Waals surface area (Å²) in [6.45, 7) is 6.44. The highest BCUT2D eigenvalue weighted by Crippen LogP contribution is 2.09. The number of aliphatic hydroxyl groups excluding tert-OH is 1.